The van der Waals surface area contributed by atoms with Gasteiger partial charge in [0.2, 0.25) is 0 Å². The molecule has 5 rings (SSSR count). The summed E-state index contributed by atoms with van der Waals surface area (Å²) < 4.78 is 0. The van der Waals surface area contributed by atoms with E-state index < -0.39 is 0 Å². The standard InChI is InChI=1S/C24H20/c1-13-9-11-19-22-15(3)17-7-5-6-8-18(17)16(4)23(22)20-12-10-14(2)21(13)24(19)20/h5-12H,1-4H3. The molecule has 0 aromatic heterocycles. The Kier molecular flexibility index (Phi) is 2.58. The van der Waals surface area contributed by atoms with E-state index >= 15 is 0 Å². The highest BCUT2D eigenvalue weighted by atomic mass is 14.3. The zero-order valence-electron chi connectivity index (χ0n) is 14.6. The third kappa shape index (κ3) is 1.49. The van der Waals surface area contributed by atoms with E-state index in [-0.39, 0.29) is 0 Å². The Morgan fingerprint density at radius 2 is 0.958 bits per heavy atom. The molecule has 0 spiro atoms. The third-order valence-electron chi connectivity index (χ3n) is 5.85. The van der Waals surface area contributed by atoms with Crippen molar-refractivity contribution in [3.05, 3.63) is 70.8 Å². The predicted octanol–water partition coefficient (Wildman–Crippen LogP) is 6.87. The minimum atomic E-state index is 1.38. The van der Waals surface area contributed by atoms with Crippen LogP contribution in [0.1, 0.15) is 22.3 Å². The van der Waals surface area contributed by atoms with E-state index in [1.807, 2.05) is 0 Å². The van der Waals surface area contributed by atoms with Crippen LogP contribution in [0.25, 0.3) is 43.8 Å². The molecule has 0 radical (unpaired) electrons. The van der Waals surface area contributed by atoms with Gasteiger partial charge in [0.15, 0.2) is 0 Å². The summed E-state index contributed by atoms with van der Waals surface area (Å²) in [5.74, 6) is 0. The molecule has 0 unspecified atom stereocenters. The Balaban J connectivity index is 2.09. The molecule has 0 atom stereocenters. The Hall–Kier alpha value is -2.60. The normalized spacial score (nSPS) is 12.2. The highest BCUT2D eigenvalue weighted by Gasteiger charge is 2.27. The highest BCUT2D eigenvalue weighted by Crippen LogP contribution is 2.53. The first-order valence-electron chi connectivity index (χ1n) is 8.65. The molecule has 0 nitrogen and oxygen atoms in total. The SMILES string of the molecule is Cc1c2c(c(C)c3ccccc13)-c1ccc(C)c3c(C)ccc-2c13. The van der Waals surface area contributed by atoms with Crippen LogP contribution >= 0.6 is 0 Å². The summed E-state index contributed by atoms with van der Waals surface area (Å²) in [6, 6.07) is 18.0. The lowest BCUT2D eigenvalue weighted by Gasteiger charge is -2.14. The zero-order chi connectivity index (χ0) is 16.6. The number of benzene rings is 4. The van der Waals surface area contributed by atoms with E-state index in [1.165, 1.54) is 66.1 Å². The van der Waals surface area contributed by atoms with Crippen molar-refractivity contribution in [2.24, 2.45) is 0 Å². The van der Waals surface area contributed by atoms with Crippen molar-refractivity contribution >= 4 is 21.5 Å². The predicted molar refractivity (Wildman–Crippen MR) is 105 cm³/mol. The first kappa shape index (κ1) is 13.8. The van der Waals surface area contributed by atoms with Crippen LogP contribution in [0.3, 0.4) is 0 Å². The Bertz CT molecular complexity index is 1090. The van der Waals surface area contributed by atoms with Gasteiger partial charge in [-0.2, -0.15) is 0 Å². The Morgan fingerprint density at radius 3 is 1.42 bits per heavy atom. The van der Waals surface area contributed by atoms with Crippen molar-refractivity contribution in [3.63, 3.8) is 0 Å². The lowest BCUT2D eigenvalue weighted by Crippen LogP contribution is -1.90. The molecular weight excluding hydrogens is 288 g/mol. The van der Waals surface area contributed by atoms with Gasteiger partial charge in [0.05, 0.1) is 0 Å². The molecule has 0 fully saturated rings. The monoisotopic (exact) mass is 308 g/mol. The molecule has 0 amide bonds. The maximum Gasteiger partial charge on any atom is -0.00208 e. The van der Waals surface area contributed by atoms with Gasteiger partial charge in [0.25, 0.3) is 0 Å². The van der Waals surface area contributed by atoms with Crippen molar-refractivity contribution in [3.8, 4) is 22.3 Å². The van der Waals surface area contributed by atoms with E-state index in [2.05, 4.69) is 76.2 Å². The fourth-order valence-corrected chi connectivity index (χ4v) is 4.74. The summed E-state index contributed by atoms with van der Waals surface area (Å²) in [5, 5.41) is 5.65. The molecule has 0 saturated carbocycles. The summed E-state index contributed by atoms with van der Waals surface area (Å²) >= 11 is 0. The number of aryl methyl sites for hydroxylation is 4. The average Bonchev–Trinajstić information content (AvgIpc) is 2.93. The van der Waals surface area contributed by atoms with Crippen molar-refractivity contribution < 1.29 is 0 Å². The molecule has 0 N–H and O–H groups in total. The van der Waals surface area contributed by atoms with Gasteiger partial charge in [-0.05, 0) is 93.7 Å². The molecule has 1 aliphatic rings. The van der Waals surface area contributed by atoms with Crippen LogP contribution in [0.15, 0.2) is 48.5 Å². The lowest BCUT2D eigenvalue weighted by molar-refractivity contribution is 1.47. The van der Waals surface area contributed by atoms with Gasteiger partial charge >= 0.3 is 0 Å². The summed E-state index contributed by atoms with van der Waals surface area (Å²) in [6.07, 6.45) is 0. The smallest absolute Gasteiger partial charge is 0.00208 e. The Morgan fingerprint density at radius 1 is 0.500 bits per heavy atom. The molecule has 0 aliphatic heterocycles. The fraction of sp³-hybridized carbons (Fsp3) is 0.167. The van der Waals surface area contributed by atoms with Gasteiger partial charge in [0.1, 0.15) is 0 Å². The second-order valence-electron chi connectivity index (χ2n) is 7.16. The zero-order valence-corrected chi connectivity index (χ0v) is 14.6. The minimum Gasteiger partial charge on any atom is -0.0616 e. The molecule has 0 saturated heterocycles. The highest BCUT2D eigenvalue weighted by molar-refractivity contribution is 6.20. The second-order valence-corrected chi connectivity index (χ2v) is 7.16. The van der Waals surface area contributed by atoms with Crippen LogP contribution in [0.5, 0.6) is 0 Å². The van der Waals surface area contributed by atoms with Gasteiger partial charge in [0, 0.05) is 0 Å². The fourth-order valence-electron chi connectivity index (χ4n) is 4.74. The molecule has 4 aromatic rings. The largest absolute Gasteiger partial charge is 0.0616 e. The van der Waals surface area contributed by atoms with Gasteiger partial charge in [-0.25, -0.2) is 0 Å². The molecule has 24 heavy (non-hydrogen) atoms. The average molecular weight is 308 g/mol. The number of hydrogen-bond acceptors (Lipinski definition) is 0. The van der Waals surface area contributed by atoms with E-state index in [4.69, 9.17) is 0 Å². The van der Waals surface area contributed by atoms with Gasteiger partial charge < -0.3 is 0 Å². The molecule has 0 heteroatoms. The van der Waals surface area contributed by atoms with Crippen LogP contribution < -0.4 is 0 Å². The first-order chi connectivity index (χ1) is 11.6. The van der Waals surface area contributed by atoms with Crippen molar-refractivity contribution in [2.75, 3.05) is 0 Å². The second kappa shape index (κ2) is 4.48. The van der Waals surface area contributed by atoms with Gasteiger partial charge in [-0.3, -0.25) is 0 Å². The third-order valence-corrected chi connectivity index (χ3v) is 5.85. The van der Waals surface area contributed by atoms with E-state index in [9.17, 15) is 0 Å². The van der Waals surface area contributed by atoms with E-state index in [0.29, 0.717) is 0 Å². The lowest BCUT2D eigenvalue weighted by atomic mass is 9.89. The maximum absolute atomic E-state index is 2.33. The number of fused-ring (bicyclic) bond motifs is 4. The summed E-state index contributed by atoms with van der Waals surface area (Å²) in [7, 11) is 0. The Labute approximate surface area is 142 Å². The summed E-state index contributed by atoms with van der Waals surface area (Å²) in [4.78, 5) is 0. The van der Waals surface area contributed by atoms with Crippen molar-refractivity contribution in [1.82, 2.24) is 0 Å². The molecule has 4 aromatic carbocycles. The van der Waals surface area contributed by atoms with Gasteiger partial charge in [-0.15, -0.1) is 0 Å². The number of hydrogen-bond donors (Lipinski definition) is 0. The molecule has 1 aliphatic carbocycles. The first-order valence-corrected chi connectivity index (χ1v) is 8.65. The summed E-state index contributed by atoms with van der Waals surface area (Å²) in [6.45, 7) is 9.03. The van der Waals surface area contributed by atoms with Crippen LogP contribution in [0, 0.1) is 27.7 Å². The number of rotatable bonds is 0. The topological polar surface area (TPSA) is 0 Å². The minimum absolute atomic E-state index is 1.38. The maximum atomic E-state index is 2.33. The van der Waals surface area contributed by atoms with E-state index in [1.54, 1.807) is 0 Å². The van der Waals surface area contributed by atoms with Gasteiger partial charge in [-0.1, -0.05) is 48.5 Å². The molecule has 0 bridgehead atoms. The quantitative estimate of drug-likeness (QED) is 0.293. The van der Waals surface area contributed by atoms with Crippen LogP contribution in [-0.2, 0) is 0 Å². The molecule has 0 heterocycles. The van der Waals surface area contributed by atoms with Crippen LogP contribution in [-0.4, -0.2) is 0 Å². The molecular formula is C24H20. The van der Waals surface area contributed by atoms with E-state index in [0.717, 1.165) is 0 Å². The summed E-state index contributed by atoms with van der Waals surface area (Å²) in [5.41, 5.74) is 11.3. The van der Waals surface area contributed by atoms with Crippen molar-refractivity contribution in [1.29, 1.82) is 0 Å². The molecule has 116 valence electrons. The van der Waals surface area contributed by atoms with Crippen molar-refractivity contribution in [2.45, 2.75) is 27.7 Å². The van der Waals surface area contributed by atoms with Crippen LogP contribution in [0.4, 0.5) is 0 Å². The van der Waals surface area contributed by atoms with Crippen LogP contribution in [0.2, 0.25) is 0 Å².